The quantitative estimate of drug-likeness (QED) is 0.724. The highest BCUT2D eigenvalue weighted by Gasteiger charge is 2.25. The van der Waals surface area contributed by atoms with Gasteiger partial charge in [-0.15, -0.1) is 11.8 Å². The summed E-state index contributed by atoms with van der Waals surface area (Å²) < 4.78 is 5.34. The van der Waals surface area contributed by atoms with Crippen molar-refractivity contribution in [3.63, 3.8) is 0 Å². The molecule has 0 fully saturated rings. The summed E-state index contributed by atoms with van der Waals surface area (Å²) in [6, 6.07) is 15.0. The number of aliphatic hydroxyl groups is 1. The van der Waals surface area contributed by atoms with Gasteiger partial charge in [0, 0.05) is 11.9 Å². The SMILES string of the molecule is CC(C)(C)OC(=O)N[C@@H](Cc1ccccc1)[C@H](O)CSc1ccccn1. The number of hydrogen-bond acceptors (Lipinski definition) is 5. The predicted molar refractivity (Wildman–Crippen MR) is 104 cm³/mol. The van der Waals surface area contributed by atoms with Crippen LogP contribution in [0, 0.1) is 0 Å². The molecule has 2 atom stereocenters. The van der Waals surface area contributed by atoms with Crippen LogP contribution in [-0.4, -0.2) is 39.7 Å². The smallest absolute Gasteiger partial charge is 0.407 e. The Balaban J connectivity index is 2.02. The Morgan fingerprint density at radius 2 is 1.88 bits per heavy atom. The van der Waals surface area contributed by atoms with E-state index in [0.717, 1.165) is 10.6 Å². The second kappa shape index (κ2) is 9.59. The standard InChI is InChI=1S/C20H26N2O3S/c1-20(2,3)25-19(24)22-16(13-15-9-5-4-6-10-15)17(23)14-26-18-11-7-8-12-21-18/h4-12,16-17,23H,13-14H2,1-3H3,(H,22,24)/t16-,17+/m0/s1. The van der Waals surface area contributed by atoms with E-state index >= 15 is 0 Å². The van der Waals surface area contributed by atoms with E-state index in [2.05, 4.69) is 10.3 Å². The Morgan fingerprint density at radius 3 is 2.50 bits per heavy atom. The first kappa shape index (κ1) is 20.3. The lowest BCUT2D eigenvalue weighted by molar-refractivity contribution is 0.0441. The number of carbonyl (C=O) groups is 1. The van der Waals surface area contributed by atoms with Crippen molar-refractivity contribution >= 4 is 17.9 Å². The van der Waals surface area contributed by atoms with Crippen molar-refractivity contribution in [1.29, 1.82) is 0 Å². The van der Waals surface area contributed by atoms with Gasteiger partial charge in [0.2, 0.25) is 0 Å². The molecule has 0 saturated carbocycles. The first-order valence-electron chi connectivity index (χ1n) is 8.59. The van der Waals surface area contributed by atoms with E-state index in [4.69, 9.17) is 4.74 Å². The number of alkyl carbamates (subject to hydrolysis) is 1. The number of aliphatic hydroxyl groups excluding tert-OH is 1. The number of nitrogens with zero attached hydrogens (tertiary/aromatic N) is 1. The molecule has 0 aliphatic carbocycles. The number of benzene rings is 1. The minimum Gasteiger partial charge on any atom is -0.444 e. The van der Waals surface area contributed by atoms with Gasteiger partial charge in [-0.25, -0.2) is 9.78 Å². The molecule has 0 radical (unpaired) electrons. The van der Waals surface area contributed by atoms with Crippen molar-refractivity contribution in [3.05, 3.63) is 60.3 Å². The lowest BCUT2D eigenvalue weighted by Crippen LogP contribution is -2.47. The minimum absolute atomic E-state index is 0.421. The number of ether oxygens (including phenoxy) is 1. The first-order valence-corrected chi connectivity index (χ1v) is 9.57. The van der Waals surface area contributed by atoms with Crippen LogP contribution >= 0.6 is 11.8 Å². The van der Waals surface area contributed by atoms with E-state index in [1.807, 2.05) is 69.3 Å². The van der Waals surface area contributed by atoms with Crippen molar-refractivity contribution in [2.24, 2.45) is 0 Å². The van der Waals surface area contributed by atoms with Gasteiger partial charge in [0.25, 0.3) is 0 Å². The predicted octanol–water partition coefficient (Wildman–Crippen LogP) is 3.67. The van der Waals surface area contributed by atoms with Gasteiger partial charge >= 0.3 is 6.09 Å². The van der Waals surface area contributed by atoms with E-state index in [-0.39, 0.29) is 0 Å². The van der Waals surface area contributed by atoms with Crippen LogP contribution in [0.25, 0.3) is 0 Å². The molecule has 6 heteroatoms. The molecule has 2 aromatic rings. The van der Waals surface area contributed by atoms with Crippen LogP contribution in [0.1, 0.15) is 26.3 Å². The van der Waals surface area contributed by atoms with Crippen molar-refractivity contribution < 1.29 is 14.6 Å². The molecule has 0 aliphatic rings. The molecule has 0 aliphatic heterocycles. The molecule has 2 N–H and O–H groups in total. The third-order valence-corrected chi connectivity index (χ3v) is 4.55. The zero-order chi connectivity index (χ0) is 19.0. The fraction of sp³-hybridized carbons (Fsp3) is 0.400. The molecule has 0 saturated heterocycles. The summed E-state index contributed by atoms with van der Waals surface area (Å²) in [5, 5.41) is 14.3. The third-order valence-electron chi connectivity index (χ3n) is 3.50. The maximum Gasteiger partial charge on any atom is 0.407 e. The molecule has 0 unspecified atom stereocenters. The zero-order valence-corrected chi connectivity index (χ0v) is 16.2. The highest BCUT2D eigenvalue weighted by molar-refractivity contribution is 7.99. The Hall–Kier alpha value is -2.05. The van der Waals surface area contributed by atoms with Gasteiger partial charge in [-0.3, -0.25) is 0 Å². The summed E-state index contributed by atoms with van der Waals surface area (Å²) in [5.41, 5.74) is 0.449. The Kier molecular flexibility index (Phi) is 7.48. The molecule has 1 aromatic carbocycles. The average molecular weight is 375 g/mol. The molecule has 140 valence electrons. The van der Waals surface area contributed by atoms with Crippen LogP contribution in [0.5, 0.6) is 0 Å². The van der Waals surface area contributed by atoms with Gasteiger partial charge in [-0.05, 0) is 44.9 Å². The Morgan fingerprint density at radius 1 is 1.19 bits per heavy atom. The molecule has 0 spiro atoms. The summed E-state index contributed by atoms with van der Waals surface area (Å²) >= 11 is 1.45. The lowest BCUT2D eigenvalue weighted by atomic mass is 10.0. The van der Waals surface area contributed by atoms with Gasteiger partial charge < -0.3 is 15.2 Å². The van der Waals surface area contributed by atoms with Gasteiger partial charge in [-0.1, -0.05) is 36.4 Å². The summed E-state index contributed by atoms with van der Waals surface area (Å²) in [6.45, 7) is 5.43. The number of nitrogens with one attached hydrogen (secondary N) is 1. The van der Waals surface area contributed by atoms with Gasteiger partial charge in [0.15, 0.2) is 0 Å². The van der Waals surface area contributed by atoms with Gasteiger partial charge in [-0.2, -0.15) is 0 Å². The summed E-state index contributed by atoms with van der Waals surface area (Å²) in [7, 11) is 0. The second-order valence-corrected chi connectivity index (χ2v) is 8.03. The van der Waals surface area contributed by atoms with Crippen LogP contribution in [0.4, 0.5) is 4.79 Å². The number of hydrogen-bond donors (Lipinski definition) is 2. The fourth-order valence-corrected chi connectivity index (χ4v) is 3.21. The van der Waals surface area contributed by atoms with Crippen LogP contribution in [-0.2, 0) is 11.2 Å². The number of aromatic nitrogens is 1. The molecule has 26 heavy (non-hydrogen) atoms. The van der Waals surface area contributed by atoms with Crippen molar-refractivity contribution in [2.75, 3.05) is 5.75 Å². The maximum absolute atomic E-state index is 12.2. The Labute approximate surface area is 159 Å². The zero-order valence-electron chi connectivity index (χ0n) is 15.4. The number of rotatable bonds is 7. The van der Waals surface area contributed by atoms with Crippen LogP contribution in [0.3, 0.4) is 0 Å². The number of carbonyl (C=O) groups excluding carboxylic acids is 1. The lowest BCUT2D eigenvalue weighted by Gasteiger charge is -2.26. The second-order valence-electron chi connectivity index (χ2n) is 6.99. The molecule has 0 bridgehead atoms. The van der Waals surface area contributed by atoms with Crippen LogP contribution in [0.2, 0.25) is 0 Å². The van der Waals surface area contributed by atoms with E-state index in [0.29, 0.717) is 12.2 Å². The molecule has 1 aromatic heterocycles. The topological polar surface area (TPSA) is 71.5 Å². The largest absolute Gasteiger partial charge is 0.444 e. The minimum atomic E-state index is -0.741. The molecule has 1 heterocycles. The molecule has 1 amide bonds. The van der Waals surface area contributed by atoms with E-state index in [1.165, 1.54) is 11.8 Å². The van der Waals surface area contributed by atoms with Crippen molar-refractivity contribution in [3.8, 4) is 0 Å². The monoisotopic (exact) mass is 374 g/mol. The number of pyridine rings is 1. The van der Waals surface area contributed by atoms with Crippen LogP contribution < -0.4 is 5.32 Å². The Bertz CT molecular complexity index is 674. The maximum atomic E-state index is 12.2. The molecule has 5 nitrogen and oxygen atoms in total. The summed E-state index contributed by atoms with van der Waals surface area (Å²) in [6.07, 6.45) is 0.967. The summed E-state index contributed by atoms with van der Waals surface area (Å²) in [5.74, 6) is 0.421. The van der Waals surface area contributed by atoms with E-state index in [9.17, 15) is 9.90 Å². The third kappa shape index (κ3) is 7.45. The highest BCUT2D eigenvalue weighted by atomic mass is 32.2. The van der Waals surface area contributed by atoms with E-state index in [1.54, 1.807) is 6.20 Å². The van der Waals surface area contributed by atoms with E-state index < -0.39 is 23.8 Å². The van der Waals surface area contributed by atoms with Crippen molar-refractivity contribution in [2.45, 2.75) is 50.0 Å². The highest BCUT2D eigenvalue weighted by Crippen LogP contribution is 2.18. The van der Waals surface area contributed by atoms with Gasteiger partial charge in [0.1, 0.15) is 5.60 Å². The number of amides is 1. The normalized spacial score (nSPS) is 13.7. The van der Waals surface area contributed by atoms with Crippen molar-refractivity contribution in [1.82, 2.24) is 10.3 Å². The fourth-order valence-electron chi connectivity index (χ4n) is 2.33. The molecule has 2 rings (SSSR count). The van der Waals surface area contributed by atoms with Gasteiger partial charge in [0.05, 0.1) is 17.2 Å². The number of thioether (sulfide) groups is 1. The first-order chi connectivity index (χ1) is 12.3. The summed E-state index contributed by atoms with van der Waals surface area (Å²) in [4.78, 5) is 16.4. The van der Waals surface area contributed by atoms with Crippen LogP contribution in [0.15, 0.2) is 59.8 Å². The molecular formula is C20H26N2O3S. The average Bonchev–Trinajstić information content (AvgIpc) is 2.59. The molecular weight excluding hydrogens is 348 g/mol.